The summed E-state index contributed by atoms with van der Waals surface area (Å²) in [5, 5.41) is 2.86. The summed E-state index contributed by atoms with van der Waals surface area (Å²) in [7, 11) is 0. The van der Waals surface area contributed by atoms with Gasteiger partial charge in [0.2, 0.25) is 0 Å². The lowest BCUT2D eigenvalue weighted by molar-refractivity contribution is -0.152. The van der Waals surface area contributed by atoms with Crippen molar-refractivity contribution < 1.29 is 18.7 Å². The minimum absolute atomic E-state index is 0.233. The number of pyridine rings is 1. The molecule has 0 bridgehead atoms. The number of esters is 1. The molecule has 0 saturated heterocycles. The van der Waals surface area contributed by atoms with Crippen LogP contribution in [0, 0.1) is 17.2 Å². The highest BCUT2D eigenvalue weighted by atomic mass is 19.1. The predicted octanol–water partition coefficient (Wildman–Crippen LogP) is 3.26. The summed E-state index contributed by atoms with van der Waals surface area (Å²) in [4.78, 5) is 30.8. The molecule has 2 fully saturated rings. The summed E-state index contributed by atoms with van der Waals surface area (Å²) in [6.07, 6.45) is 11.5. The van der Waals surface area contributed by atoms with Crippen LogP contribution >= 0.6 is 0 Å². The first-order chi connectivity index (χ1) is 13.9. The number of H-pyrrole nitrogens is 1. The van der Waals surface area contributed by atoms with E-state index in [1.54, 1.807) is 0 Å². The molecule has 2 aliphatic rings. The van der Waals surface area contributed by atoms with E-state index in [1.807, 2.05) is 0 Å². The number of fused-ring (bicyclic) bond motifs is 1. The first-order valence-electron chi connectivity index (χ1n) is 10.3. The van der Waals surface area contributed by atoms with Crippen LogP contribution in [0.2, 0.25) is 0 Å². The molecule has 2 aromatic heterocycles. The molecule has 4 rings (SSSR count). The summed E-state index contributed by atoms with van der Waals surface area (Å²) in [6.45, 7) is 0.233. The van der Waals surface area contributed by atoms with E-state index < -0.39 is 17.7 Å². The average molecular weight is 402 g/mol. The van der Waals surface area contributed by atoms with Crippen LogP contribution in [0.1, 0.15) is 51.4 Å². The molecule has 29 heavy (non-hydrogen) atoms. The quantitative estimate of drug-likeness (QED) is 0.537. The Morgan fingerprint density at radius 1 is 1.31 bits per heavy atom. The van der Waals surface area contributed by atoms with Gasteiger partial charge in [-0.3, -0.25) is 4.79 Å². The minimum Gasteiger partial charge on any atom is -0.459 e. The van der Waals surface area contributed by atoms with Crippen molar-refractivity contribution in [1.82, 2.24) is 9.97 Å². The van der Waals surface area contributed by atoms with Gasteiger partial charge in [0.15, 0.2) is 0 Å². The van der Waals surface area contributed by atoms with E-state index in [9.17, 15) is 14.0 Å². The monoisotopic (exact) mass is 402 g/mol. The van der Waals surface area contributed by atoms with Gasteiger partial charge < -0.3 is 20.8 Å². The van der Waals surface area contributed by atoms with E-state index in [0.717, 1.165) is 38.3 Å². The zero-order valence-electron chi connectivity index (χ0n) is 16.4. The highest BCUT2D eigenvalue weighted by molar-refractivity contribution is 6.37. The van der Waals surface area contributed by atoms with Crippen molar-refractivity contribution in [2.24, 2.45) is 17.1 Å². The third-order valence-electron chi connectivity index (χ3n) is 6.59. The molecule has 1 unspecified atom stereocenters. The molecule has 2 saturated carbocycles. The van der Waals surface area contributed by atoms with Gasteiger partial charge >= 0.3 is 11.9 Å². The van der Waals surface area contributed by atoms with Crippen LogP contribution in [0.5, 0.6) is 0 Å². The molecule has 8 heteroatoms. The number of aromatic amines is 1. The number of carbonyl (C=O) groups is 2. The van der Waals surface area contributed by atoms with Crippen molar-refractivity contribution >= 4 is 28.6 Å². The summed E-state index contributed by atoms with van der Waals surface area (Å²) < 4.78 is 18.5. The number of anilines is 1. The maximum Gasteiger partial charge on any atom is 0.397 e. The van der Waals surface area contributed by atoms with Crippen molar-refractivity contribution in [2.45, 2.75) is 57.4 Å². The van der Waals surface area contributed by atoms with Crippen molar-refractivity contribution in [3.63, 3.8) is 0 Å². The number of aromatic nitrogens is 2. The van der Waals surface area contributed by atoms with Crippen molar-refractivity contribution in [1.29, 1.82) is 0 Å². The molecule has 0 aromatic carbocycles. The third-order valence-corrected chi connectivity index (χ3v) is 6.59. The second-order valence-corrected chi connectivity index (χ2v) is 8.58. The Morgan fingerprint density at radius 2 is 2.07 bits per heavy atom. The lowest BCUT2D eigenvalue weighted by Gasteiger charge is -2.36. The number of nitrogens with one attached hydrogen (secondary N) is 2. The fourth-order valence-corrected chi connectivity index (χ4v) is 4.92. The van der Waals surface area contributed by atoms with Crippen molar-refractivity contribution in [3.05, 3.63) is 24.3 Å². The summed E-state index contributed by atoms with van der Waals surface area (Å²) >= 11 is 0. The number of nitrogens with zero attached hydrogens (tertiary/aromatic N) is 1. The molecule has 156 valence electrons. The number of ether oxygens (including phenoxy) is 1. The zero-order valence-corrected chi connectivity index (χ0v) is 16.4. The standard InChI is InChI=1S/C21H27FN4O3/c22-14-9-16-17(12-25-18(16)24-11-14)26-19(27)20(28)29-8-4-13-1-5-21(10-13)6-2-15(23)3-7-21/h9,11-13,15H,1-8,10,23H2,(H,24,25)(H,26,27). The zero-order chi connectivity index (χ0) is 20.4. The van der Waals surface area contributed by atoms with Gasteiger partial charge in [-0.1, -0.05) is 0 Å². The molecule has 1 amide bonds. The van der Waals surface area contributed by atoms with Crippen molar-refractivity contribution in [2.75, 3.05) is 11.9 Å². The first-order valence-corrected chi connectivity index (χ1v) is 10.3. The Morgan fingerprint density at radius 3 is 2.86 bits per heavy atom. The van der Waals surface area contributed by atoms with E-state index in [2.05, 4.69) is 15.3 Å². The van der Waals surface area contributed by atoms with Crippen LogP contribution in [0.3, 0.4) is 0 Å². The molecular weight excluding hydrogens is 375 g/mol. The van der Waals surface area contributed by atoms with E-state index in [0.29, 0.717) is 34.1 Å². The minimum atomic E-state index is -0.930. The van der Waals surface area contributed by atoms with Crippen molar-refractivity contribution in [3.8, 4) is 0 Å². The maximum atomic E-state index is 13.4. The van der Waals surface area contributed by atoms with Gasteiger partial charge in [-0.15, -0.1) is 0 Å². The smallest absolute Gasteiger partial charge is 0.397 e. The van der Waals surface area contributed by atoms with Gasteiger partial charge in [0, 0.05) is 17.6 Å². The lowest BCUT2D eigenvalue weighted by Crippen LogP contribution is -2.32. The first kappa shape index (κ1) is 19.8. The van der Waals surface area contributed by atoms with Gasteiger partial charge in [-0.2, -0.15) is 0 Å². The van der Waals surface area contributed by atoms with Crippen LogP contribution in [0.25, 0.3) is 11.0 Å². The van der Waals surface area contributed by atoms with Gasteiger partial charge in [0.1, 0.15) is 11.5 Å². The van der Waals surface area contributed by atoms with Gasteiger partial charge in [-0.25, -0.2) is 14.2 Å². The summed E-state index contributed by atoms with van der Waals surface area (Å²) in [5.41, 5.74) is 7.18. The Kier molecular flexibility index (Phi) is 5.54. The van der Waals surface area contributed by atoms with E-state index >= 15 is 0 Å². The number of hydrogen-bond acceptors (Lipinski definition) is 5. The SMILES string of the molecule is NC1CCC2(CC1)CCC(CCOC(=O)C(=O)Nc1c[nH]c3ncc(F)cc13)C2. The molecule has 0 aliphatic heterocycles. The van der Waals surface area contributed by atoms with Crippen LogP contribution in [0.4, 0.5) is 10.1 Å². The van der Waals surface area contributed by atoms with Crippen LogP contribution in [-0.4, -0.2) is 34.5 Å². The molecule has 1 spiro atoms. The molecule has 1 atom stereocenters. The van der Waals surface area contributed by atoms with E-state index in [-0.39, 0.29) is 6.61 Å². The molecular formula is C21H27FN4O3. The highest BCUT2D eigenvalue weighted by Crippen LogP contribution is 2.51. The van der Waals surface area contributed by atoms with Crippen LogP contribution in [-0.2, 0) is 14.3 Å². The van der Waals surface area contributed by atoms with Crippen LogP contribution in [0.15, 0.2) is 18.5 Å². The number of halogens is 1. The summed E-state index contributed by atoms with van der Waals surface area (Å²) in [6, 6.07) is 1.59. The molecule has 2 heterocycles. The van der Waals surface area contributed by atoms with Gasteiger partial charge in [0.05, 0.1) is 18.5 Å². The van der Waals surface area contributed by atoms with E-state index in [1.165, 1.54) is 31.5 Å². The Bertz CT molecular complexity index is 904. The number of carbonyl (C=O) groups excluding carboxylic acids is 2. The highest BCUT2D eigenvalue weighted by Gasteiger charge is 2.40. The number of rotatable bonds is 4. The van der Waals surface area contributed by atoms with Gasteiger partial charge in [-0.05, 0) is 68.8 Å². The second-order valence-electron chi connectivity index (χ2n) is 8.58. The normalized spacial score (nSPS) is 26.7. The number of amides is 1. The molecule has 7 nitrogen and oxygen atoms in total. The predicted molar refractivity (Wildman–Crippen MR) is 106 cm³/mol. The fraction of sp³-hybridized carbons (Fsp3) is 0.571. The third kappa shape index (κ3) is 4.42. The van der Waals surface area contributed by atoms with Crippen LogP contribution < -0.4 is 11.1 Å². The Labute approximate surface area is 168 Å². The maximum absolute atomic E-state index is 13.4. The molecule has 4 N–H and O–H groups in total. The lowest BCUT2D eigenvalue weighted by atomic mass is 9.71. The Hall–Kier alpha value is -2.48. The number of nitrogens with two attached hydrogens (primary N) is 1. The topological polar surface area (TPSA) is 110 Å². The molecule has 2 aromatic rings. The largest absolute Gasteiger partial charge is 0.459 e. The van der Waals surface area contributed by atoms with E-state index in [4.69, 9.17) is 10.5 Å². The average Bonchev–Trinajstić information content (AvgIpc) is 3.29. The second kappa shape index (κ2) is 8.10. The molecule has 0 radical (unpaired) electrons. The Balaban J connectivity index is 1.23. The van der Waals surface area contributed by atoms with Gasteiger partial charge in [0.25, 0.3) is 0 Å². The molecule has 2 aliphatic carbocycles. The number of hydrogen-bond donors (Lipinski definition) is 3. The fourth-order valence-electron chi connectivity index (χ4n) is 4.92. The summed E-state index contributed by atoms with van der Waals surface area (Å²) in [5.74, 6) is -1.80.